The van der Waals surface area contributed by atoms with Crippen LogP contribution >= 0.6 is 0 Å². The molecule has 0 unspecified atom stereocenters. The van der Waals surface area contributed by atoms with E-state index >= 15 is 0 Å². The van der Waals surface area contributed by atoms with Crippen LogP contribution in [0, 0.1) is 0 Å². The van der Waals surface area contributed by atoms with E-state index in [9.17, 15) is 18.0 Å². The van der Waals surface area contributed by atoms with E-state index in [0.29, 0.717) is 38.3 Å². The lowest BCUT2D eigenvalue weighted by atomic mass is 10.2. The number of hydrogen-bond acceptors (Lipinski definition) is 6. The van der Waals surface area contributed by atoms with E-state index in [-0.39, 0.29) is 24.1 Å². The lowest BCUT2D eigenvalue weighted by Crippen LogP contribution is -2.39. The first kappa shape index (κ1) is 21.0. The Balaban J connectivity index is 1.83. The highest BCUT2D eigenvalue weighted by Gasteiger charge is 2.34. The van der Waals surface area contributed by atoms with Crippen molar-refractivity contribution in [2.75, 3.05) is 44.2 Å². The van der Waals surface area contributed by atoms with Gasteiger partial charge in [-0.05, 0) is 25.5 Å². The molecule has 3 rings (SSSR count). The summed E-state index contributed by atoms with van der Waals surface area (Å²) >= 11 is 0. The van der Waals surface area contributed by atoms with E-state index in [1.54, 1.807) is 12.1 Å². The number of halogens is 3. The third kappa shape index (κ3) is 5.63. The summed E-state index contributed by atoms with van der Waals surface area (Å²) in [6, 6.07) is 4.15. The number of amides is 1. The van der Waals surface area contributed by atoms with Gasteiger partial charge in [-0.1, -0.05) is 0 Å². The number of nitrogens with one attached hydrogen (secondary N) is 1. The number of anilines is 1. The van der Waals surface area contributed by atoms with E-state index in [2.05, 4.69) is 20.3 Å². The van der Waals surface area contributed by atoms with Gasteiger partial charge in [0.1, 0.15) is 5.82 Å². The van der Waals surface area contributed by atoms with Crippen LogP contribution in [0.3, 0.4) is 0 Å². The van der Waals surface area contributed by atoms with Crippen molar-refractivity contribution in [3.05, 3.63) is 36.3 Å². The van der Waals surface area contributed by atoms with Crippen molar-refractivity contribution in [2.24, 2.45) is 0 Å². The first-order valence-corrected chi connectivity index (χ1v) is 9.47. The fourth-order valence-electron chi connectivity index (χ4n) is 3.19. The molecule has 1 aliphatic rings. The standard InChI is InChI=1S/C19H23F3N6O/c1-2-24-17(29)13-27-8-3-9-28(11-10-27)16-12-15(19(20,21)22)25-18(26-16)14-4-6-23-7-5-14/h4-7,12H,2-3,8-11,13H2,1H3,(H,24,29). The molecule has 1 N–H and O–H groups in total. The van der Waals surface area contributed by atoms with Gasteiger partial charge in [0.05, 0.1) is 6.54 Å². The SMILES string of the molecule is CCNC(=O)CN1CCCN(c2cc(C(F)(F)F)nc(-c3ccncc3)n2)CC1. The molecule has 1 saturated heterocycles. The molecule has 7 nitrogen and oxygen atoms in total. The highest BCUT2D eigenvalue weighted by molar-refractivity contribution is 5.77. The summed E-state index contributed by atoms with van der Waals surface area (Å²) in [5, 5.41) is 2.76. The predicted molar refractivity (Wildman–Crippen MR) is 102 cm³/mol. The first-order chi connectivity index (χ1) is 13.9. The van der Waals surface area contributed by atoms with E-state index < -0.39 is 11.9 Å². The van der Waals surface area contributed by atoms with Gasteiger partial charge in [-0.15, -0.1) is 0 Å². The van der Waals surface area contributed by atoms with E-state index in [0.717, 1.165) is 12.5 Å². The Morgan fingerprint density at radius 1 is 1.14 bits per heavy atom. The maximum atomic E-state index is 13.4. The van der Waals surface area contributed by atoms with Gasteiger partial charge in [-0.2, -0.15) is 13.2 Å². The van der Waals surface area contributed by atoms with Crippen LogP contribution in [0.1, 0.15) is 19.0 Å². The van der Waals surface area contributed by atoms with Crippen LogP contribution in [0.4, 0.5) is 19.0 Å². The monoisotopic (exact) mass is 408 g/mol. The Labute approximate surface area is 167 Å². The van der Waals surface area contributed by atoms with Gasteiger partial charge in [0.15, 0.2) is 11.5 Å². The highest BCUT2D eigenvalue weighted by Crippen LogP contribution is 2.31. The third-order valence-electron chi connectivity index (χ3n) is 4.60. The van der Waals surface area contributed by atoms with E-state index in [1.807, 2.05) is 16.7 Å². The van der Waals surface area contributed by atoms with E-state index in [1.165, 1.54) is 12.4 Å². The number of likely N-dealkylation sites (N-methyl/N-ethyl adjacent to an activating group) is 1. The van der Waals surface area contributed by atoms with Crippen molar-refractivity contribution in [3.8, 4) is 11.4 Å². The number of carbonyl (C=O) groups is 1. The molecule has 29 heavy (non-hydrogen) atoms. The molecule has 0 aromatic carbocycles. The van der Waals surface area contributed by atoms with Gasteiger partial charge in [0, 0.05) is 56.7 Å². The molecule has 0 bridgehead atoms. The minimum atomic E-state index is -4.57. The molecular formula is C19H23F3N6O. The molecule has 0 atom stereocenters. The average Bonchev–Trinajstić information content (AvgIpc) is 2.93. The molecular weight excluding hydrogens is 385 g/mol. The molecule has 156 valence electrons. The molecule has 3 heterocycles. The largest absolute Gasteiger partial charge is 0.433 e. The van der Waals surface area contributed by atoms with Crippen LogP contribution in [0.15, 0.2) is 30.6 Å². The summed E-state index contributed by atoms with van der Waals surface area (Å²) in [7, 11) is 0. The molecule has 0 spiro atoms. The predicted octanol–water partition coefficient (Wildman–Crippen LogP) is 2.21. The molecule has 1 amide bonds. The quantitative estimate of drug-likeness (QED) is 0.818. The van der Waals surface area contributed by atoms with Crippen LogP contribution < -0.4 is 10.2 Å². The van der Waals surface area contributed by atoms with Gasteiger partial charge in [-0.25, -0.2) is 9.97 Å². The van der Waals surface area contributed by atoms with Crippen LogP contribution in [0.25, 0.3) is 11.4 Å². The Bertz CT molecular complexity index is 830. The van der Waals surface area contributed by atoms with Gasteiger partial charge < -0.3 is 10.2 Å². The lowest BCUT2D eigenvalue weighted by molar-refractivity contribution is -0.141. The molecule has 2 aromatic rings. The molecule has 1 fully saturated rings. The maximum absolute atomic E-state index is 13.4. The van der Waals surface area contributed by atoms with Crippen molar-refractivity contribution in [1.29, 1.82) is 0 Å². The Morgan fingerprint density at radius 3 is 2.59 bits per heavy atom. The minimum Gasteiger partial charge on any atom is -0.355 e. The summed E-state index contributed by atoms with van der Waals surface area (Å²) in [6.45, 7) is 4.99. The molecule has 2 aromatic heterocycles. The van der Waals surface area contributed by atoms with Crippen LogP contribution in [-0.2, 0) is 11.0 Å². The Morgan fingerprint density at radius 2 is 1.90 bits per heavy atom. The van der Waals surface area contributed by atoms with Crippen molar-refractivity contribution in [3.63, 3.8) is 0 Å². The normalized spacial score (nSPS) is 15.8. The smallest absolute Gasteiger partial charge is 0.355 e. The summed E-state index contributed by atoms with van der Waals surface area (Å²) < 4.78 is 40.2. The van der Waals surface area contributed by atoms with E-state index in [4.69, 9.17) is 0 Å². The number of aromatic nitrogens is 3. The van der Waals surface area contributed by atoms with Gasteiger partial charge in [0.2, 0.25) is 5.91 Å². The average molecular weight is 408 g/mol. The van der Waals surface area contributed by atoms with Crippen molar-refractivity contribution in [1.82, 2.24) is 25.2 Å². The maximum Gasteiger partial charge on any atom is 0.433 e. The van der Waals surface area contributed by atoms with Crippen LogP contribution in [-0.4, -0.2) is 65.0 Å². The Hall–Kier alpha value is -2.75. The van der Waals surface area contributed by atoms with Crippen LogP contribution in [0.5, 0.6) is 0 Å². The zero-order valence-corrected chi connectivity index (χ0v) is 16.1. The number of nitrogens with zero attached hydrogens (tertiary/aromatic N) is 5. The molecule has 0 radical (unpaired) electrons. The van der Waals surface area contributed by atoms with Gasteiger partial charge in [0.25, 0.3) is 0 Å². The fourth-order valence-corrected chi connectivity index (χ4v) is 3.19. The van der Waals surface area contributed by atoms with Gasteiger partial charge in [-0.3, -0.25) is 14.7 Å². The number of pyridine rings is 1. The number of hydrogen-bond donors (Lipinski definition) is 1. The minimum absolute atomic E-state index is 0.0145. The second kappa shape index (κ2) is 9.17. The molecule has 10 heteroatoms. The van der Waals surface area contributed by atoms with Crippen LogP contribution in [0.2, 0.25) is 0 Å². The Kier molecular flexibility index (Phi) is 6.63. The first-order valence-electron chi connectivity index (χ1n) is 9.47. The van der Waals surface area contributed by atoms with Crippen molar-refractivity contribution < 1.29 is 18.0 Å². The zero-order chi connectivity index (χ0) is 20.9. The summed E-state index contributed by atoms with van der Waals surface area (Å²) in [6.07, 6.45) is -0.876. The highest BCUT2D eigenvalue weighted by atomic mass is 19.4. The second-order valence-corrected chi connectivity index (χ2v) is 6.74. The molecule has 0 saturated carbocycles. The molecule has 1 aliphatic heterocycles. The number of carbonyl (C=O) groups excluding carboxylic acids is 1. The molecule has 0 aliphatic carbocycles. The zero-order valence-electron chi connectivity index (χ0n) is 16.1. The lowest BCUT2D eigenvalue weighted by Gasteiger charge is -2.23. The number of alkyl halides is 3. The topological polar surface area (TPSA) is 74.2 Å². The summed E-state index contributed by atoms with van der Waals surface area (Å²) in [4.78, 5) is 27.6. The number of rotatable bonds is 5. The van der Waals surface area contributed by atoms with Gasteiger partial charge >= 0.3 is 6.18 Å². The second-order valence-electron chi connectivity index (χ2n) is 6.74. The summed E-state index contributed by atoms with van der Waals surface area (Å²) in [5.41, 5.74) is -0.502. The third-order valence-corrected chi connectivity index (χ3v) is 4.60. The van der Waals surface area contributed by atoms with Crippen molar-refractivity contribution in [2.45, 2.75) is 19.5 Å². The summed E-state index contributed by atoms with van der Waals surface area (Å²) in [5.74, 6) is 0.196. The fraction of sp³-hybridized carbons (Fsp3) is 0.474. The van der Waals surface area contributed by atoms with Crippen molar-refractivity contribution >= 4 is 11.7 Å².